The van der Waals surface area contributed by atoms with Crippen molar-refractivity contribution in [2.75, 3.05) is 6.54 Å². The highest BCUT2D eigenvalue weighted by atomic mass is 16.4. The second kappa shape index (κ2) is 5.53. The molecule has 0 saturated carbocycles. The van der Waals surface area contributed by atoms with E-state index in [1.54, 1.807) is 0 Å². The molecular weight excluding hydrogens is 226 g/mol. The Hall–Kier alpha value is -1.35. The predicted molar refractivity (Wildman–Crippen MR) is 71.8 cm³/mol. The summed E-state index contributed by atoms with van der Waals surface area (Å²) in [7, 11) is 0. The second-order valence-electron chi connectivity index (χ2n) is 5.53. The first kappa shape index (κ1) is 13.1. The Morgan fingerprint density at radius 3 is 2.78 bits per heavy atom. The third-order valence-electron chi connectivity index (χ3n) is 3.58. The van der Waals surface area contributed by atoms with E-state index in [1.165, 1.54) is 11.1 Å². The Balaban J connectivity index is 1.87. The minimum Gasteiger partial charge on any atom is -0.480 e. The number of carboxylic acids is 1. The van der Waals surface area contributed by atoms with Crippen molar-refractivity contribution in [1.82, 2.24) is 5.32 Å². The first-order chi connectivity index (χ1) is 8.58. The molecule has 1 aromatic carbocycles. The van der Waals surface area contributed by atoms with Crippen molar-refractivity contribution in [2.24, 2.45) is 5.92 Å². The number of fused-ring (bicyclic) bond motifs is 1. The summed E-state index contributed by atoms with van der Waals surface area (Å²) in [6.07, 6.45) is 1.75. The molecule has 1 aromatic rings. The van der Waals surface area contributed by atoms with Crippen molar-refractivity contribution < 1.29 is 9.90 Å². The first-order valence-corrected chi connectivity index (χ1v) is 6.62. The summed E-state index contributed by atoms with van der Waals surface area (Å²) in [4.78, 5) is 11.1. The molecule has 1 aliphatic rings. The van der Waals surface area contributed by atoms with Crippen LogP contribution in [0.25, 0.3) is 0 Å². The molecule has 0 aromatic heterocycles. The van der Waals surface area contributed by atoms with Crippen LogP contribution in [0.3, 0.4) is 0 Å². The lowest BCUT2D eigenvalue weighted by molar-refractivity contribution is -0.139. The molecule has 0 bridgehead atoms. The molecule has 18 heavy (non-hydrogen) atoms. The number of carboxylic acid groups (broad SMARTS) is 1. The Labute approximate surface area is 108 Å². The van der Waals surface area contributed by atoms with Crippen LogP contribution in [0.5, 0.6) is 0 Å². The minimum absolute atomic E-state index is 0.396. The van der Waals surface area contributed by atoms with Gasteiger partial charge in [0.15, 0.2) is 0 Å². The monoisotopic (exact) mass is 247 g/mol. The third-order valence-corrected chi connectivity index (χ3v) is 3.58. The zero-order valence-corrected chi connectivity index (χ0v) is 11.0. The maximum absolute atomic E-state index is 11.1. The van der Waals surface area contributed by atoms with Gasteiger partial charge in [0.25, 0.3) is 0 Å². The Kier molecular flexibility index (Phi) is 4.02. The molecule has 98 valence electrons. The topological polar surface area (TPSA) is 49.3 Å². The van der Waals surface area contributed by atoms with Gasteiger partial charge < -0.3 is 10.4 Å². The van der Waals surface area contributed by atoms with Gasteiger partial charge in [0.1, 0.15) is 6.04 Å². The van der Waals surface area contributed by atoms with Crippen LogP contribution in [0, 0.1) is 5.92 Å². The molecule has 2 N–H and O–H groups in total. The van der Waals surface area contributed by atoms with Gasteiger partial charge in [-0.1, -0.05) is 38.1 Å². The van der Waals surface area contributed by atoms with Crippen LogP contribution in [0.15, 0.2) is 24.3 Å². The summed E-state index contributed by atoms with van der Waals surface area (Å²) in [5, 5.41) is 12.4. The summed E-state index contributed by atoms with van der Waals surface area (Å²) in [5.74, 6) is 0.138. The first-order valence-electron chi connectivity index (χ1n) is 6.62. The fourth-order valence-corrected chi connectivity index (χ4v) is 2.57. The van der Waals surface area contributed by atoms with Gasteiger partial charge in [-0.2, -0.15) is 0 Å². The van der Waals surface area contributed by atoms with E-state index < -0.39 is 12.0 Å². The highest BCUT2D eigenvalue weighted by Crippen LogP contribution is 2.34. The van der Waals surface area contributed by atoms with E-state index in [-0.39, 0.29) is 0 Å². The number of carbonyl (C=O) groups is 1. The molecule has 0 radical (unpaired) electrons. The van der Waals surface area contributed by atoms with E-state index in [9.17, 15) is 4.79 Å². The maximum Gasteiger partial charge on any atom is 0.320 e. The standard InChI is InChI=1S/C15H21NO2/c1-10(2)7-14(15(17)18)16-9-12-8-11-5-3-4-6-13(11)12/h3-6,10,12,14,16H,7-9H2,1-2H3,(H,17,18). The summed E-state index contributed by atoms with van der Waals surface area (Å²) in [6.45, 7) is 4.87. The molecule has 2 atom stereocenters. The number of hydrogen-bond acceptors (Lipinski definition) is 2. The number of benzene rings is 1. The molecule has 2 rings (SSSR count). The number of nitrogens with one attached hydrogen (secondary N) is 1. The lowest BCUT2D eigenvalue weighted by atomic mass is 9.77. The summed E-state index contributed by atoms with van der Waals surface area (Å²) in [5.41, 5.74) is 2.78. The molecule has 0 saturated heterocycles. The second-order valence-corrected chi connectivity index (χ2v) is 5.53. The summed E-state index contributed by atoms with van der Waals surface area (Å²) >= 11 is 0. The van der Waals surface area contributed by atoms with Gasteiger partial charge in [-0.3, -0.25) is 4.79 Å². The van der Waals surface area contributed by atoms with Crippen molar-refractivity contribution in [1.29, 1.82) is 0 Å². The third kappa shape index (κ3) is 2.91. The normalized spacial score (nSPS) is 19.2. The Morgan fingerprint density at radius 2 is 2.17 bits per heavy atom. The predicted octanol–water partition coefficient (Wildman–Crippen LogP) is 2.42. The van der Waals surface area contributed by atoms with Crippen LogP contribution in [-0.4, -0.2) is 23.7 Å². The van der Waals surface area contributed by atoms with Crippen LogP contribution in [0.4, 0.5) is 0 Å². The molecule has 2 unspecified atom stereocenters. The van der Waals surface area contributed by atoms with Crippen LogP contribution in [-0.2, 0) is 11.2 Å². The quantitative estimate of drug-likeness (QED) is 0.811. The van der Waals surface area contributed by atoms with Crippen molar-refractivity contribution in [3.8, 4) is 0 Å². The van der Waals surface area contributed by atoms with E-state index in [2.05, 4.69) is 37.4 Å². The maximum atomic E-state index is 11.1. The van der Waals surface area contributed by atoms with Gasteiger partial charge in [-0.05, 0) is 29.9 Å². The zero-order valence-electron chi connectivity index (χ0n) is 11.0. The van der Waals surface area contributed by atoms with E-state index in [4.69, 9.17) is 5.11 Å². The van der Waals surface area contributed by atoms with E-state index in [0.717, 1.165) is 13.0 Å². The lowest BCUT2D eigenvalue weighted by Gasteiger charge is -2.31. The van der Waals surface area contributed by atoms with Gasteiger partial charge in [0.2, 0.25) is 0 Å². The lowest BCUT2D eigenvalue weighted by Crippen LogP contribution is -2.41. The fourth-order valence-electron chi connectivity index (χ4n) is 2.57. The van der Waals surface area contributed by atoms with Gasteiger partial charge in [0.05, 0.1) is 0 Å². The van der Waals surface area contributed by atoms with Gasteiger partial charge >= 0.3 is 5.97 Å². The molecular formula is C15H21NO2. The van der Waals surface area contributed by atoms with Crippen LogP contribution < -0.4 is 5.32 Å². The molecule has 3 heteroatoms. The molecule has 1 aliphatic carbocycles. The van der Waals surface area contributed by atoms with Crippen molar-refractivity contribution in [2.45, 2.75) is 38.6 Å². The number of rotatable bonds is 6. The Bertz CT molecular complexity index is 428. The van der Waals surface area contributed by atoms with Crippen LogP contribution in [0.1, 0.15) is 37.3 Å². The molecule has 0 heterocycles. The minimum atomic E-state index is -0.740. The molecule has 0 aliphatic heterocycles. The highest BCUT2D eigenvalue weighted by molar-refractivity contribution is 5.73. The fraction of sp³-hybridized carbons (Fsp3) is 0.533. The van der Waals surface area contributed by atoms with Crippen LogP contribution >= 0.6 is 0 Å². The number of hydrogen-bond donors (Lipinski definition) is 2. The molecule has 0 amide bonds. The van der Waals surface area contributed by atoms with Crippen LogP contribution in [0.2, 0.25) is 0 Å². The van der Waals surface area contributed by atoms with E-state index in [0.29, 0.717) is 18.3 Å². The average Bonchev–Trinajstić information content (AvgIpc) is 2.28. The zero-order chi connectivity index (χ0) is 13.1. The number of aliphatic carboxylic acids is 1. The van der Waals surface area contributed by atoms with Gasteiger partial charge in [-0.15, -0.1) is 0 Å². The van der Waals surface area contributed by atoms with Gasteiger partial charge in [0, 0.05) is 12.5 Å². The van der Waals surface area contributed by atoms with Crippen molar-refractivity contribution >= 4 is 5.97 Å². The highest BCUT2D eigenvalue weighted by Gasteiger charge is 2.27. The summed E-state index contributed by atoms with van der Waals surface area (Å²) in [6, 6.07) is 7.98. The molecule has 3 nitrogen and oxygen atoms in total. The van der Waals surface area contributed by atoms with E-state index in [1.807, 2.05) is 6.07 Å². The van der Waals surface area contributed by atoms with E-state index >= 15 is 0 Å². The van der Waals surface area contributed by atoms with Crippen molar-refractivity contribution in [3.05, 3.63) is 35.4 Å². The molecule has 0 spiro atoms. The summed E-state index contributed by atoms with van der Waals surface area (Å²) < 4.78 is 0. The van der Waals surface area contributed by atoms with Crippen molar-refractivity contribution in [3.63, 3.8) is 0 Å². The average molecular weight is 247 g/mol. The molecule has 0 fully saturated rings. The SMILES string of the molecule is CC(C)CC(NCC1Cc2ccccc21)C(=O)O. The largest absolute Gasteiger partial charge is 0.480 e. The van der Waals surface area contributed by atoms with Gasteiger partial charge in [-0.25, -0.2) is 0 Å². The smallest absolute Gasteiger partial charge is 0.320 e. The Morgan fingerprint density at radius 1 is 1.44 bits per heavy atom.